The van der Waals surface area contributed by atoms with Gasteiger partial charge in [-0.15, -0.1) is 0 Å². The van der Waals surface area contributed by atoms with Gasteiger partial charge in [-0.1, -0.05) is 20.8 Å². The molecule has 4 nitrogen and oxygen atoms in total. The summed E-state index contributed by atoms with van der Waals surface area (Å²) < 4.78 is 5.22. The van der Waals surface area contributed by atoms with Crippen molar-refractivity contribution in [2.24, 2.45) is 11.8 Å². The molecule has 0 aromatic heterocycles. The van der Waals surface area contributed by atoms with E-state index in [1.54, 1.807) is 6.92 Å². The highest BCUT2D eigenvalue weighted by Gasteiger charge is 2.30. The van der Waals surface area contributed by atoms with Crippen LogP contribution in [-0.4, -0.2) is 22.6 Å². The zero-order chi connectivity index (χ0) is 12.2. The second-order valence-corrected chi connectivity index (χ2v) is 4.45. The summed E-state index contributed by atoms with van der Waals surface area (Å²) in [4.78, 5) is 22.3. The fourth-order valence-electron chi connectivity index (χ4n) is 0.855. The minimum Gasteiger partial charge on any atom is -0.481 e. The molecule has 0 amide bonds. The fraction of sp³-hybridized carbons (Fsp3) is 0.818. The number of carbonyl (C=O) groups excluding carboxylic acids is 1. The van der Waals surface area contributed by atoms with Crippen molar-refractivity contribution in [3.8, 4) is 0 Å². The summed E-state index contributed by atoms with van der Waals surface area (Å²) in [6.07, 6.45) is 0.701. The first-order valence-corrected chi connectivity index (χ1v) is 5.17. The molecular weight excluding hydrogens is 196 g/mol. The number of ether oxygens (including phenoxy) is 1. The lowest BCUT2D eigenvalue weighted by molar-refractivity contribution is -0.166. The summed E-state index contributed by atoms with van der Waals surface area (Å²) in [7, 11) is 0. The summed E-state index contributed by atoms with van der Waals surface area (Å²) in [5.41, 5.74) is -0.524. The Bertz CT molecular complexity index is 245. The minimum absolute atomic E-state index is 0.447. The molecule has 0 aliphatic rings. The predicted molar refractivity (Wildman–Crippen MR) is 56.4 cm³/mol. The lowest BCUT2D eigenvalue weighted by Gasteiger charge is -2.26. The maximum Gasteiger partial charge on any atom is 0.310 e. The lowest BCUT2D eigenvalue weighted by atomic mass is 9.96. The number of hydrogen-bond donors (Lipinski definition) is 1. The van der Waals surface area contributed by atoms with Gasteiger partial charge in [0.15, 0.2) is 0 Å². The Morgan fingerprint density at radius 3 is 2.07 bits per heavy atom. The molecule has 0 bridgehead atoms. The van der Waals surface area contributed by atoms with Gasteiger partial charge in [-0.25, -0.2) is 0 Å². The Labute approximate surface area is 90.6 Å². The van der Waals surface area contributed by atoms with Gasteiger partial charge in [-0.3, -0.25) is 9.59 Å². The number of aliphatic carboxylic acids is 1. The summed E-state index contributed by atoms with van der Waals surface area (Å²) in [6.45, 7) is 8.62. The molecule has 15 heavy (non-hydrogen) atoms. The maximum absolute atomic E-state index is 11.6. The second kappa shape index (κ2) is 5.14. The van der Waals surface area contributed by atoms with E-state index in [4.69, 9.17) is 9.84 Å². The Hall–Kier alpha value is -1.06. The fourth-order valence-corrected chi connectivity index (χ4v) is 0.855. The normalized spacial score (nSPS) is 15.5. The van der Waals surface area contributed by atoms with Crippen LogP contribution in [0.15, 0.2) is 0 Å². The number of carbonyl (C=O) groups is 2. The zero-order valence-electron chi connectivity index (χ0n) is 10.0. The average Bonchev–Trinajstić information content (AvgIpc) is 2.14. The van der Waals surface area contributed by atoms with E-state index >= 15 is 0 Å². The molecule has 0 saturated carbocycles. The van der Waals surface area contributed by atoms with Crippen molar-refractivity contribution in [3.05, 3.63) is 0 Å². The Morgan fingerprint density at radius 1 is 1.27 bits per heavy atom. The van der Waals surface area contributed by atoms with Crippen LogP contribution in [0.5, 0.6) is 0 Å². The van der Waals surface area contributed by atoms with Crippen molar-refractivity contribution < 1.29 is 19.4 Å². The molecule has 1 N–H and O–H groups in total. The maximum atomic E-state index is 11.6. The highest BCUT2D eigenvalue weighted by molar-refractivity contribution is 5.80. The van der Waals surface area contributed by atoms with Crippen LogP contribution < -0.4 is 0 Å². The van der Waals surface area contributed by atoms with Crippen molar-refractivity contribution in [2.75, 3.05) is 0 Å². The van der Waals surface area contributed by atoms with Crippen molar-refractivity contribution >= 4 is 11.9 Å². The number of carboxylic acids is 1. The quantitative estimate of drug-likeness (QED) is 0.714. The molecule has 2 unspecified atom stereocenters. The van der Waals surface area contributed by atoms with E-state index in [0.29, 0.717) is 6.42 Å². The number of carboxylic acid groups (broad SMARTS) is 1. The molecule has 0 rings (SSSR count). The minimum atomic E-state index is -0.978. The monoisotopic (exact) mass is 216 g/mol. The molecule has 0 aliphatic heterocycles. The molecule has 0 saturated heterocycles. The first kappa shape index (κ1) is 13.9. The largest absolute Gasteiger partial charge is 0.481 e. The average molecular weight is 216 g/mol. The zero-order valence-corrected chi connectivity index (χ0v) is 10.0. The molecule has 0 fully saturated rings. The van der Waals surface area contributed by atoms with Crippen LogP contribution >= 0.6 is 0 Å². The van der Waals surface area contributed by atoms with Crippen LogP contribution in [0.4, 0.5) is 0 Å². The SMILES string of the molecule is CCC(C)(C)OC(=O)C(C)C(C)C(=O)O. The summed E-state index contributed by atoms with van der Waals surface area (Å²) in [5, 5.41) is 8.75. The first-order valence-electron chi connectivity index (χ1n) is 5.17. The third-order valence-electron chi connectivity index (χ3n) is 2.74. The molecule has 88 valence electrons. The van der Waals surface area contributed by atoms with Gasteiger partial charge in [0.1, 0.15) is 5.60 Å². The van der Waals surface area contributed by atoms with Gasteiger partial charge in [0.25, 0.3) is 0 Å². The Balaban J connectivity index is 4.40. The summed E-state index contributed by atoms with van der Waals surface area (Å²) in [6, 6.07) is 0. The molecule has 0 heterocycles. The van der Waals surface area contributed by atoms with Crippen molar-refractivity contribution in [1.82, 2.24) is 0 Å². The molecule has 0 radical (unpaired) electrons. The van der Waals surface area contributed by atoms with E-state index in [2.05, 4.69) is 0 Å². The smallest absolute Gasteiger partial charge is 0.310 e. The van der Waals surface area contributed by atoms with Gasteiger partial charge >= 0.3 is 11.9 Å². The predicted octanol–water partition coefficient (Wildman–Crippen LogP) is 2.07. The van der Waals surface area contributed by atoms with Crippen LogP contribution in [0, 0.1) is 11.8 Å². The van der Waals surface area contributed by atoms with E-state index in [1.807, 2.05) is 20.8 Å². The van der Waals surface area contributed by atoms with E-state index < -0.39 is 29.4 Å². The van der Waals surface area contributed by atoms with Crippen LogP contribution in [0.2, 0.25) is 0 Å². The van der Waals surface area contributed by atoms with Crippen LogP contribution in [0.25, 0.3) is 0 Å². The van der Waals surface area contributed by atoms with Gasteiger partial charge in [-0.2, -0.15) is 0 Å². The van der Waals surface area contributed by atoms with E-state index in [-0.39, 0.29) is 0 Å². The molecule has 0 spiro atoms. The van der Waals surface area contributed by atoms with Gasteiger partial charge in [0.05, 0.1) is 11.8 Å². The van der Waals surface area contributed by atoms with Crippen LogP contribution in [0.1, 0.15) is 41.0 Å². The van der Waals surface area contributed by atoms with Crippen LogP contribution in [-0.2, 0) is 14.3 Å². The molecule has 0 aliphatic carbocycles. The lowest BCUT2D eigenvalue weighted by Crippen LogP contribution is -2.34. The Kier molecular flexibility index (Phi) is 4.78. The van der Waals surface area contributed by atoms with Crippen molar-refractivity contribution in [3.63, 3.8) is 0 Å². The highest BCUT2D eigenvalue weighted by atomic mass is 16.6. The van der Waals surface area contributed by atoms with Gasteiger partial charge < -0.3 is 9.84 Å². The second-order valence-electron chi connectivity index (χ2n) is 4.45. The summed E-state index contributed by atoms with van der Waals surface area (Å²) in [5.74, 6) is -2.76. The van der Waals surface area contributed by atoms with E-state index in [1.165, 1.54) is 6.92 Å². The van der Waals surface area contributed by atoms with E-state index in [0.717, 1.165) is 0 Å². The van der Waals surface area contributed by atoms with Crippen molar-refractivity contribution in [1.29, 1.82) is 0 Å². The van der Waals surface area contributed by atoms with Gasteiger partial charge in [0.2, 0.25) is 0 Å². The standard InChI is InChI=1S/C11H20O4/c1-6-11(4,5)15-10(14)8(3)7(2)9(12)13/h7-8H,6H2,1-5H3,(H,12,13). The molecular formula is C11H20O4. The summed E-state index contributed by atoms with van der Waals surface area (Å²) >= 11 is 0. The highest BCUT2D eigenvalue weighted by Crippen LogP contribution is 2.20. The van der Waals surface area contributed by atoms with E-state index in [9.17, 15) is 9.59 Å². The van der Waals surface area contributed by atoms with Gasteiger partial charge in [0, 0.05) is 0 Å². The third-order valence-corrected chi connectivity index (χ3v) is 2.74. The van der Waals surface area contributed by atoms with Gasteiger partial charge in [-0.05, 0) is 20.3 Å². The molecule has 0 aromatic carbocycles. The molecule has 4 heteroatoms. The molecule has 2 atom stereocenters. The molecule has 0 aromatic rings. The van der Waals surface area contributed by atoms with Crippen molar-refractivity contribution in [2.45, 2.75) is 46.6 Å². The number of hydrogen-bond acceptors (Lipinski definition) is 3. The number of rotatable bonds is 5. The Morgan fingerprint density at radius 2 is 1.73 bits per heavy atom. The van der Waals surface area contributed by atoms with Crippen LogP contribution in [0.3, 0.4) is 0 Å². The number of esters is 1. The topological polar surface area (TPSA) is 63.6 Å². The third kappa shape index (κ3) is 4.32. The first-order chi connectivity index (χ1) is 6.71.